The summed E-state index contributed by atoms with van der Waals surface area (Å²) in [5.41, 5.74) is 1.14. The lowest BCUT2D eigenvalue weighted by Crippen LogP contribution is -2.46. The van der Waals surface area contributed by atoms with E-state index < -0.39 is 6.36 Å². The molecule has 130 valence electrons. The van der Waals surface area contributed by atoms with Gasteiger partial charge in [-0.3, -0.25) is 4.90 Å². The van der Waals surface area contributed by atoms with E-state index in [1.54, 1.807) is 18.2 Å². The maximum Gasteiger partial charge on any atom is 0.573 e. The summed E-state index contributed by atoms with van der Waals surface area (Å²) in [6.07, 6.45) is -1.84. The molecule has 1 aromatic carbocycles. The molecular formula is C17H25F3N2O. The molecule has 1 saturated heterocycles. The van der Waals surface area contributed by atoms with Gasteiger partial charge >= 0.3 is 6.36 Å². The molecule has 0 aromatic heterocycles. The minimum atomic E-state index is -4.66. The molecule has 2 rings (SSSR count). The largest absolute Gasteiger partial charge is 0.573 e. The van der Waals surface area contributed by atoms with Crippen LogP contribution in [0.5, 0.6) is 5.75 Å². The number of piperazine rings is 1. The molecule has 0 N–H and O–H groups in total. The van der Waals surface area contributed by atoms with E-state index in [-0.39, 0.29) is 5.75 Å². The van der Waals surface area contributed by atoms with Crippen molar-refractivity contribution in [3.05, 3.63) is 23.8 Å². The van der Waals surface area contributed by atoms with Gasteiger partial charge in [-0.2, -0.15) is 0 Å². The minimum Gasteiger partial charge on any atom is -0.403 e. The highest BCUT2D eigenvalue weighted by molar-refractivity contribution is 5.62. The zero-order valence-corrected chi connectivity index (χ0v) is 13.8. The molecule has 0 amide bonds. The van der Waals surface area contributed by atoms with Gasteiger partial charge in [0.25, 0.3) is 0 Å². The van der Waals surface area contributed by atoms with Crippen molar-refractivity contribution in [1.29, 1.82) is 0 Å². The lowest BCUT2D eigenvalue weighted by Gasteiger charge is -2.37. The Morgan fingerprint density at radius 2 is 1.78 bits per heavy atom. The predicted octanol–water partition coefficient (Wildman–Crippen LogP) is 4.07. The first-order valence-electron chi connectivity index (χ1n) is 8.29. The van der Waals surface area contributed by atoms with Crippen molar-refractivity contribution < 1.29 is 17.9 Å². The maximum absolute atomic E-state index is 12.8. The molecule has 23 heavy (non-hydrogen) atoms. The van der Waals surface area contributed by atoms with Crippen LogP contribution < -0.4 is 9.64 Å². The average Bonchev–Trinajstić information content (AvgIpc) is 2.52. The lowest BCUT2D eigenvalue weighted by molar-refractivity contribution is -0.274. The maximum atomic E-state index is 12.8. The summed E-state index contributed by atoms with van der Waals surface area (Å²) in [6, 6.07) is 5.23. The molecule has 3 nitrogen and oxygen atoms in total. The molecule has 6 heteroatoms. The number of alkyl halides is 3. The van der Waals surface area contributed by atoms with Crippen LogP contribution in [0.15, 0.2) is 18.2 Å². The molecule has 0 aliphatic carbocycles. The van der Waals surface area contributed by atoms with Crippen molar-refractivity contribution in [2.45, 2.75) is 39.5 Å². The number of rotatable bonds is 6. The van der Waals surface area contributed by atoms with Gasteiger partial charge in [0.2, 0.25) is 0 Å². The molecule has 0 radical (unpaired) electrons. The summed E-state index contributed by atoms with van der Waals surface area (Å²) < 4.78 is 42.6. The third kappa shape index (κ3) is 5.03. The normalized spacial score (nSPS) is 16.7. The minimum absolute atomic E-state index is 0.0375. The van der Waals surface area contributed by atoms with E-state index in [0.717, 1.165) is 45.6 Å². The monoisotopic (exact) mass is 330 g/mol. The third-order valence-electron chi connectivity index (χ3n) is 4.22. The van der Waals surface area contributed by atoms with Gasteiger partial charge in [0, 0.05) is 26.2 Å². The highest BCUT2D eigenvalue weighted by Gasteiger charge is 2.34. The number of hydrogen-bond donors (Lipinski definition) is 0. The molecule has 1 aliphatic rings. The van der Waals surface area contributed by atoms with Crippen LogP contribution in [-0.4, -0.2) is 44.0 Å². The number of hydrogen-bond acceptors (Lipinski definition) is 3. The van der Waals surface area contributed by atoms with Crippen LogP contribution in [0.25, 0.3) is 0 Å². The first-order chi connectivity index (χ1) is 10.9. The second kappa shape index (κ2) is 7.90. The van der Waals surface area contributed by atoms with Gasteiger partial charge in [-0.15, -0.1) is 13.2 Å². The Kier molecular flexibility index (Phi) is 6.16. The quantitative estimate of drug-likeness (QED) is 0.782. The Morgan fingerprint density at radius 3 is 2.35 bits per heavy atom. The van der Waals surface area contributed by atoms with E-state index in [2.05, 4.69) is 16.6 Å². The smallest absolute Gasteiger partial charge is 0.403 e. The highest BCUT2D eigenvalue weighted by atomic mass is 19.4. The molecule has 0 spiro atoms. The number of para-hydroxylation sites is 1. The summed E-state index contributed by atoms with van der Waals surface area (Å²) in [6.45, 7) is 8.27. The molecule has 1 aromatic rings. The zero-order valence-electron chi connectivity index (χ0n) is 13.8. The molecule has 0 atom stereocenters. The van der Waals surface area contributed by atoms with Crippen LogP contribution in [0.2, 0.25) is 0 Å². The van der Waals surface area contributed by atoms with Crippen molar-refractivity contribution in [1.82, 2.24) is 4.90 Å². The molecule has 1 heterocycles. The van der Waals surface area contributed by atoms with E-state index in [9.17, 15) is 13.2 Å². The molecule has 1 fully saturated rings. The van der Waals surface area contributed by atoms with Gasteiger partial charge in [-0.1, -0.05) is 32.4 Å². The van der Waals surface area contributed by atoms with Gasteiger partial charge in [0.05, 0.1) is 5.69 Å². The zero-order chi connectivity index (χ0) is 16.9. The summed E-state index contributed by atoms with van der Waals surface area (Å²) in [4.78, 5) is 4.37. The Hall–Kier alpha value is -1.43. The number of aryl methyl sites for hydroxylation is 1. The predicted molar refractivity (Wildman–Crippen MR) is 86.1 cm³/mol. The molecule has 1 aliphatic heterocycles. The first-order valence-corrected chi connectivity index (χ1v) is 8.29. The summed E-state index contributed by atoms with van der Waals surface area (Å²) in [5.74, 6) is -0.0375. The molecule has 0 unspecified atom stereocenters. The second-order valence-electron chi connectivity index (χ2n) is 5.85. The number of unbranched alkanes of at least 4 members (excludes halogenated alkanes) is 1. The van der Waals surface area contributed by atoms with Gasteiger partial charge in [-0.25, -0.2) is 0 Å². The van der Waals surface area contributed by atoms with E-state index in [4.69, 9.17) is 0 Å². The van der Waals surface area contributed by atoms with Gasteiger partial charge in [0.1, 0.15) is 0 Å². The van der Waals surface area contributed by atoms with Crippen LogP contribution in [0, 0.1) is 0 Å². The van der Waals surface area contributed by atoms with Crippen LogP contribution in [-0.2, 0) is 6.42 Å². The molecule has 0 saturated carbocycles. The Bertz CT molecular complexity index is 497. The average molecular weight is 330 g/mol. The highest BCUT2D eigenvalue weighted by Crippen LogP contribution is 2.37. The summed E-state index contributed by atoms with van der Waals surface area (Å²) in [5, 5.41) is 0. The van der Waals surface area contributed by atoms with Crippen LogP contribution >= 0.6 is 0 Å². The molecular weight excluding hydrogens is 305 g/mol. The fourth-order valence-corrected chi connectivity index (χ4v) is 2.93. The van der Waals surface area contributed by atoms with Gasteiger partial charge in [-0.05, 0) is 31.0 Å². The number of nitrogens with zero attached hydrogens (tertiary/aromatic N) is 2. The van der Waals surface area contributed by atoms with E-state index in [1.165, 1.54) is 0 Å². The standard InChI is InChI=1S/C17H25F3N2O/c1-3-5-9-21-10-12-22(13-11-21)15-8-6-7-14(4-2)16(15)23-17(18,19)20/h6-8H,3-5,9-13H2,1-2H3. The van der Waals surface area contributed by atoms with Crippen molar-refractivity contribution in [2.75, 3.05) is 37.6 Å². The first kappa shape index (κ1) is 17.9. The Balaban J connectivity index is 2.13. The Labute approximate surface area is 136 Å². The van der Waals surface area contributed by atoms with Crippen molar-refractivity contribution in [3.8, 4) is 5.75 Å². The van der Waals surface area contributed by atoms with Crippen LogP contribution in [0.1, 0.15) is 32.3 Å². The number of anilines is 1. The van der Waals surface area contributed by atoms with Gasteiger partial charge in [0.15, 0.2) is 5.75 Å². The SMILES string of the molecule is CCCCN1CCN(c2cccc(CC)c2OC(F)(F)F)CC1. The third-order valence-corrected chi connectivity index (χ3v) is 4.22. The number of halogens is 3. The van der Waals surface area contributed by atoms with E-state index >= 15 is 0 Å². The van der Waals surface area contributed by atoms with Gasteiger partial charge < -0.3 is 9.64 Å². The van der Waals surface area contributed by atoms with Crippen LogP contribution in [0.3, 0.4) is 0 Å². The second-order valence-corrected chi connectivity index (χ2v) is 5.85. The summed E-state index contributed by atoms with van der Waals surface area (Å²) >= 11 is 0. The van der Waals surface area contributed by atoms with E-state index in [1.807, 2.05) is 11.8 Å². The fourth-order valence-electron chi connectivity index (χ4n) is 2.93. The fraction of sp³-hybridized carbons (Fsp3) is 0.647. The lowest BCUT2D eigenvalue weighted by atomic mass is 10.1. The van der Waals surface area contributed by atoms with Crippen LogP contribution in [0.4, 0.5) is 18.9 Å². The number of benzene rings is 1. The summed E-state index contributed by atoms with van der Waals surface area (Å²) in [7, 11) is 0. The van der Waals surface area contributed by atoms with Crippen molar-refractivity contribution in [3.63, 3.8) is 0 Å². The number of ether oxygens (including phenoxy) is 1. The van der Waals surface area contributed by atoms with E-state index in [0.29, 0.717) is 17.7 Å². The van der Waals surface area contributed by atoms with Crippen molar-refractivity contribution >= 4 is 5.69 Å². The molecule has 0 bridgehead atoms. The topological polar surface area (TPSA) is 15.7 Å². The van der Waals surface area contributed by atoms with Crippen molar-refractivity contribution in [2.24, 2.45) is 0 Å². The Morgan fingerprint density at radius 1 is 1.09 bits per heavy atom.